The van der Waals surface area contributed by atoms with Gasteiger partial charge in [-0.25, -0.2) is 9.38 Å². The van der Waals surface area contributed by atoms with E-state index in [0.29, 0.717) is 10.9 Å². The second-order valence-electron chi connectivity index (χ2n) is 6.13. The number of carbonyl (C=O) groups is 2. The summed E-state index contributed by atoms with van der Waals surface area (Å²) >= 11 is 6.90. The van der Waals surface area contributed by atoms with Gasteiger partial charge < -0.3 is 10.6 Å². The number of nitrogens with zero attached hydrogens (tertiary/aromatic N) is 1. The van der Waals surface area contributed by atoms with E-state index in [1.165, 1.54) is 18.2 Å². The van der Waals surface area contributed by atoms with Crippen molar-refractivity contribution in [3.05, 3.63) is 58.4 Å². The van der Waals surface area contributed by atoms with E-state index in [0.717, 1.165) is 28.6 Å². The molecule has 1 fully saturated rings. The Kier molecular flexibility index (Phi) is 5.82. The second-order valence-corrected chi connectivity index (χ2v) is 7.73. The first kappa shape index (κ1) is 19.4. The Labute approximate surface area is 165 Å². The van der Waals surface area contributed by atoms with E-state index in [2.05, 4.69) is 15.6 Å². The van der Waals surface area contributed by atoms with Crippen LogP contribution in [0.15, 0.2) is 41.4 Å². The van der Waals surface area contributed by atoms with Crippen molar-refractivity contribution in [2.24, 2.45) is 4.99 Å². The van der Waals surface area contributed by atoms with Crippen molar-refractivity contribution < 1.29 is 14.0 Å². The zero-order valence-corrected chi connectivity index (χ0v) is 16.2. The lowest BCUT2D eigenvalue weighted by Crippen LogP contribution is -2.28. The highest BCUT2D eigenvalue weighted by molar-refractivity contribution is 8.15. The molecule has 1 aliphatic heterocycles. The van der Waals surface area contributed by atoms with Gasteiger partial charge in [-0.15, -0.1) is 0 Å². The number of hydrogen-bond acceptors (Lipinski definition) is 4. The normalized spacial score (nSPS) is 17.9. The standard InChI is InChI=1S/C19H17ClFN3O2S/c1-10-4-3-5-11(2)17(10)23-16(25)9-15-18(26)24-19(27-15)22-12-6-7-14(21)13(20)8-12/h3-8,15H,9H2,1-2H3,(H,23,25)(H,22,24,26)/t15-/m0/s1. The molecule has 0 radical (unpaired) electrons. The Bertz CT molecular complexity index is 928. The third-order valence-electron chi connectivity index (χ3n) is 4.03. The highest BCUT2D eigenvalue weighted by Crippen LogP contribution is 2.28. The van der Waals surface area contributed by atoms with E-state index in [1.807, 2.05) is 32.0 Å². The van der Waals surface area contributed by atoms with Gasteiger partial charge in [0.25, 0.3) is 0 Å². The third kappa shape index (κ3) is 4.67. The lowest BCUT2D eigenvalue weighted by molar-refractivity contribution is -0.122. The van der Waals surface area contributed by atoms with E-state index < -0.39 is 11.1 Å². The van der Waals surface area contributed by atoms with Crippen LogP contribution in [0.3, 0.4) is 0 Å². The van der Waals surface area contributed by atoms with Gasteiger partial charge in [0.05, 0.1) is 10.7 Å². The van der Waals surface area contributed by atoms with Gasteiger partial charge in [0.15, 0.2) is 5.17 Å². The van der Waals surface area contributed by atoms with Crippen LogP contribution >= 0.6 is 23.4 Å². The average Bonchev–Trinajstić information content (AvgIpc) is 2.94. The lowest BCUT2D eigenvalue weighted by atomic mass is 10.1. The Morgan fingerprint density at radius 1 is 1.30 bits per heavy atom. The minimum atomic E-state index is -0.580. The minimum Gasteiger partial charge on any atom is -0.326 e. The zero-order valence-electron chi connectivity index (χ0n) is 14.7. The summed E-state index contributed by atoms with van der Waals surface area (Å²) in [5.74, 6) is -1.07. The Morgan fingerprint density at radius 3 is 2.67 bits per heavy atom. The van der Waals surface area contributed by atoms with E-state index in [4.69, 9.17) is 11.6 Å². The molecule has 0 aromatic heterocycles. The van der Waals surface area contributed by atoms with Crippen molar-refractivity contribution in [3.8, 4) is 0 Å². The van der Waals surface area contributed by atoms with Crippen LogP contribution in [0.5, 0.6) is 0 Å². The van der Waals surface area contributed by atoms with E-state index >= 15 is 0 Å². The summed E-state index contributed by atoms with van der Waals surface area (Å²) in [7, 11) is 0. The minimum absolute atomic E-state index is 0.0213. The first-order valence-electron chi connectivity index (χ1n) is 8.21. The molecule has 2 N–H and O–H groups in total. The van der Waals surface area contributed by atoms with Gasteiger partial charge in [0, 0.05) is 12.1 Å². The number of nitrogens with one attached hydrogen (secondary N) is 2. The SMILES string of the molecule is Cc1cccc(C)c1NC(=O)C[C@@H]1SC(=Nc2ccc(F)c(Cl)c2)NC1=O. The van der Waals surface area contributed by atoms with Crippen LogP contribution in [0, 0.1) is 19.7 Å². The number of rotatable bonds is 4. The van der Waals surface area contributed by atoms with Crippen molar-refractivity contribution >= 4 is 51.7 Å². The number of halogens is 2. The molecule has 3 rings (SSSR count). The number of anilines is 1. The number of para-hydroxylation sites is 1. The number of thioether (sulfide) groups is 1. The predicted octanol–water partition coefficient (Wildman–Crippen LogP) is 4.34. The molecular weight excluding hydrogens is 389 g/mol. The highest BCUT2D eigenvalue weighted by atomic mass is 35.5. The molecule has 0 bridgehead atoms. The lowest BCUT2D eigenvalue weighted by Gasteiger charge is -2.12. The fourth-order valence-electron chi connectivity index (χ4n) is 2.63. The number of aliphatic imine (C=N–C) groups is 1. The number of aryl methyl sites for hydroxylation is 2. The molecule has 5 nitrogen and oxygen atoms in total. The van der Waals surface area contributed by atoms with Gasteiger partial charge in [-0.05, 0) is 43.2 Å². The van der Waals surface area contributed by atoms with Gasteiger partial charge in [0.2, 0.25) is 11.8 Å². The monoisotopic (exact) mass is 405 g/mol. The average molecular weight is 406 g/mol. The molecule has 2 aromatic rings. The Hall–Kier alpha value is -2.38. The second kappa shape index (κ2) is 8.10. The number of amidine groups is 1. The third-order valence-corrected chi connectivity index (χ3v) is 5.40. The maximum atomic E-state index is 13.2. The molecule has 2 aromatic carbocycles. The summed E-state index contributed by atoms with van der Waals surface area (Å²) in [6.45, 7) is 3.83. The molecule has 140 valence electrons. The molecule has 0 unspecified atom stereocenters. The molecular formula is C19H17ClFN3O2S. The molecule has 0 spiro atoms. The molecule has 0 saturated carbocycles. The summed E-state index contributed by atoms with van der Waals surface area (Å²) in [4.78, 5) is 28.7. The van der Waals surface area contributed by atoms with Crippen LogP contribution in [-0.2, 0) is 9.59 Å². The molecule has 1 saturated heterocycles. The van der Waals surface area contributed by atoms with Crippen LogP contribution in [0.1, 0.15) is 17.5 Å². The first-order valence-corrected chi connectivity index (χ1v) is 9.46. The van der Waals surface area contributed by atoms with Crippen molar-refractivity contribution in [2.75, 3.05) is 5.32 Å². The summed E-state index contributed by atoms with van der Waals surface area (Å²) in [6, 6.07) is 9.79. The van der Waals surface area contributed by atoms with E-state index in [1.54, 1.807) is 0 Å². The Balaban J connectivity index is 1.66. The van der Waals surface area contributed by atoms with Crippen LogP contribution in [0.25, 0.3) is 0 Å². The van der Waals surface area contributed by atoms with Crippen molar-refractivity contribution in [1.29, 1.82) is 0 Å². The van der Waals surface area contributed by atoms with Gasteiger partial charge >= 0.3 is 0 Å². The van der Waals surface area contributed by atoms with Crippen molar-refractivity contribution in [2.45, 2.75) is 25.5 Å². The predicted molar refractivity (Wildman–Crippen MR) is 107 cm³/mol. The van der Waals surface area contributed by atoms with Crippen molar-refractivity contribution in [3.63, 3.8) is 0 Å². The van der Waals surface area contributed by atoms with Crippen molar-refractivity contribution in [1.82, 2.24) is 5.32 Å². The number of benzene rings is 2. The van der Waals surface area contributed by atoms with Crippen LogP contribution in [0.4, 0.5) is 15.8 Å². The van der Waals surface area contributed by atoms with E-state index in [-0.39, 0.29) is 23.3 Å². The maximum absolute atomic E-state index is 13.2. The number of amides is 2. The highest BCUT2D eigenvalue weighted by Gasteiger charge is 2.32. The topological polar surface area (TPSA) is 70.6 Å². The molecule has 27 heavy (non-hydrogen) atoms. The van der Waals surface area contributed by atoms with Gasteiger partial charge in [-0.3, -0.25) is 9.59 Å². The molecule has 1 heterocycles. The summed E-state index contributed by atoms with van der Waals surface area (Å²) in [5.41, 5.74) is 3.11. The first-order chi connectivity index (χ1) is 12.8. The quantitative estimate of drug-likeness (QED) is 0.794. The summed E-state index contributed by atoms with van der Waals surface area (Å²) in [6.07, 6.45) is 0.0213. The zero-order chi connectivity index (χ0) is 19.6. The summed E-state index contributed by atoms with van der Waals surface area (Å²) in [5, 5.41) is 5.24. The molecule has 1 atom stereocenters. The number of carbonyl (C=O) groups excluding carboxylic acids is 2. The number of hydrogen-bond donors (Lipinski definition) is 2. The van der Waals surface area contributed by atoms with Gasteiger partial charge in [-0.2, -0.15) is 0 Å². The summed E-state index contributed by atoms with van der Waals surface area (Å²) < 4.78 is 13.2. The Morgan fingerprint density at radius 2 is 2.00 bits per heavy atom. The fourth-order valence-corrected chi connectivity index (χ4v) is 3.80. The molecule has 0 aliphatic carbocycles. The smallest absolute Gasteiger partial charge is 0.240 e. The van der Waals surface area contributed by atoms with E-state index in [9.17, 15) is 14.0 Å². The van der Waals surface area contributed by atoms with Crippen LogP contribution in [0.2, 0.25) is 5.02 Å². The van der Waals surface area contributed by atoms with Crippen LogP contribution in [-0.4, -0.2) is 22.2 Å². The molecule has 8 heteroatoms. The fraction of sp³-hybridized carbons (Fsp3) is 0.211. The maximum Gasteiger partial charge on any atom is 0.240 e. The molecule has 1 aliphatic rings. The molecule has 2 amide bonds. The van der Waals surface area contributed by atoms with Gasteiger partial charge in [-0.1, -0.05) is 41.6 Å². The largest absolute Gasteiger partial charge is 0.326 e. The van der Waals surface area contributed by atoms with Gasteiger partial charge in [0.1, 0.15) is 11.1 Å². The van der Waals surface area contributed by atoms with Crippen LogP contribution < -0.4 is 10.6 Å².